The number of nitrogens with one attached hydrogen (secondary N) is 1. The van der Waals surface area contributed by atoms with Crippen molar-refractivity contribution in [3.05, 3.63) is 24.2 Å². The number of nitrogens with zero attached hydrogens (tertiary/aromatic N) is 1. The lowest BCUT2D eigenvalue weighted by Crippen LogP contribution is -2.07. The van der Waals surface area contributed by atoms with Crippen molar-refractivity contribution >= 4 is 0 Å². The fourth-order valence-corrected chi connectivity index (χ4v) is 1.65. The van der Waals surface area contributed by atoms with E-state index in [0.29, 0.717) is 5.92 Å². The Balaban J connectivity index is 2.20. The molecule has 3 nitrogen and oxygen atoms in total. The Hall–Kier alpha value is -1.27. The van der Waals surface area contributed by atoms with Gasteiger partial charge < -0.3 is 9.73 Å². The van der Waals surface area contributed by atoms with Gasteiger partial charge in [0.25, 0.3) is 0 Å². The maximum Gasteiger partial charge on any atom is 0.0938 e. The van der Waals surface area contributed by atoms with E-state index >= 15 is 0 Å². The van der Waals surface area contributed by atoms with Crippen LogP contribution in [0.15, 0.2) is 23.0 Å². The van der Waals surface area contributed by atoms with Crippen LogP contribution in [0, 0.1) is 17.2 Å². The molecule has 0 radical (unpaired) electrons. The van der Waals surface area contributed by atoms with Crippen LogP contribution in [-0.2, 0) is 0 Å². The van der Waals surface area contributed by atoms with Gasteiger partial charge >= 0.3 is 0 Å². The molecule has 2 unspecified atom stereocenters. The molecule has 1 aromatic rings. The highest BCUT2D eigenvalue weighted by Gasteiger charge is 2.28. The molecule has 1 saturated heterocycles. The third kappa shape index (κ3) is 1.10. The Labute approximate surface area is 71.0 Å². The lowest BCUT2D eigenvalue weighted by molar-refractivity contribution is 0.554. The molecular weight excluding hydrogens is 152 g/mol. The lowest BCUT2D eigenvalue weighted by Gasteiger charge is -2.07. The molecule has 0 spiro atoms. The van der Waals surface area contributed by atoms with E-state index in [0.717, 1.165) is 18.7 Å². The summed E-state index contributed by atoms with van der Waals surface area (Å²) in [5.74, 6) is 0.413. The third-order valence-electron chi connectivity index (χ3n) is 2.35. The predicted molar refractivity (Wildman–Crippen MR) is 43.4 cm³/mol. The standard InChI is InChI=1S/C9H10N2O/c10-3-8-4-11-5-9(8)7-1-2-12-6-7/h1-2,6,8-9,11H,4-5H2. The zero-order valence-corrected chi connectivity index (χ0v) is 6.66. The van der Waals surface area contributed by atoms with Crippen LogP contribution in [-0.4, -0.2) is 13.1 Å². The molecule has 62 valence electrons. The summed E-state index contributed by atoms with van der Waals surface area (Å²) in [6, 6.07) is 4.23. The quantitative estimate of drug-likeness (QED) is 0.672. The second-order valence-corrected chi connectivity index (χ2v) is 3.06. The number of nitriles is 1. The molecule has 2 atom stereocenters. The van der Waals surface area contributed by atoms with Gasteiger partial charge in [0, 0.05) is 19.0 Å². The largest absolute Gasteiger partial charge is 0.472 e. The highest BCUT2D eigenvalue weighted by Crippen LogP contribution is 2.27. The van der Waals surface area contributed by atoms with Crippen LogP contribution in [0.25, 0.3) is 0 Å². The molecule has 3 heteroatoms. The van der Waals surface area contributed by atoms with Crippen molar-refractivity contribution in [1.29, 1.82) is 5.26 Å². The first-order chi connectivity index (χ1) is 5.92. The van der Waals surface area contributed by atoms with Gasteiger partial charge in [-0.25, -0.2) is 0 Å². The maximum atomic E-state index is 8.81. The highest BCUT2D eigenvalue weighted by atomic mass is 16.3. The molecular formula is C9H10N2O. The first-order valence-corrected chi connectivity index (χ1v) is 4.04. The van der Waals surface area contributed by atoms with Gasteiger partial charge in [0.2, 0.25) is 0 Å². The van der Waals surface area contributed by atoms with Gasteiger partial charge in [0.05, 0.1) is 24.5 Å². The molecule has 1 aliphatic heterocycles. The highest BCUT2D eigenvalue weighted by molar-refractivity contribution is 5.19. The van der Waals surface area contributed by atoms with Crippen LogP contribution in [0.2, 0.25) is 0 Å². The summed E-state index contributed by atoms with van der Waals surface area (Å²) in [5.41, 5.74) is 1.13. The maximum absolute atomic E-state index is 8.81. The molecule has 0 saturated carbocycles. The van der Waals surface area contributed by atoms with Crippen LogP contribution >= 0.6 is 0 Å². The van der Waals surface area contributed by atoms with Crippen LogP contribution < -0.4 is 5.32 Å². The molecule has 2 rings (SSSR count). The van der Waals surface area contributed by atoms with E-state index in [1.165, 1.54) is 0 Å². The molecule has 12 heavy (non-hydrogen) atoms. The van der Waals surface area contributed by atoms with E-state index < -0.39 is 0 Å². The Kier molecular flexibility index (Phi) is 1.84. The first kappa shape index (κ1) is 7.38. The van der Waals surface area contributed by atoms with Gasteiger partial charge in [0.15, 0.2) is 0 Å². The Morgan fingerprint density at radius 1 is 1.58 bits per heavy atom. The van der Waals surface area contributed by atoms with E-state index in [2.05, 4.69) is 11.4 Å². The van der Waals surface area contributed by atoms with E-state index in [4.69, 9.17) is 9.68 Å². The summed E-state index contributed by atoms with van der Waals surface area (Å²) < 4.78 is 4.98. The Morgan fingerprint density at radius 2 is 2.50 bits per heavy atom. The average molecular weight is 162 g/mol. The first-order valence-electron chi connectivity index (χ1n) is 4.04. The van der Waals surface area contributed by atoms with Gasteiger partial charge in [-0.2, -0.15) is 5.26 Å². The molecule has 0 aromatic carbocycles. The Morgan fingerprint density at radius 3 is 3.17 bits per heavy atom. The molecule has 0 amide bonds. The normalized spacial score (nSPS) is 28.6. The molecule has 1 aliphatic rings. The number of hydrogen-bond acceptors (Lipinski definition) is 3. The Bertz CT molecular complexity index is 286. The topological polar surface area (TPSA) is 49.0 Å². The fourth-order valence-electron chi connectivity index (χ4n) is 1.65. The second-order valence-electron chi connectivity index (χ2n) is 3.06. The van der Waals surface area contributed by atoms with Gasteiger partial charge in [-0.05, 0) is 11.6 Å². The van der Waals surface area contributed by atoms with Crippen molar-refractivity contribution in [3.8, 4) is 6.07 Å². The van der Waals surface area contributed by atoms with Crippen molar-refractivity contribution in [2.45, 2.75) is 5.92 Å². The second kappa shape index (κ2) is 3.00. The smallest absolute Gasteiger partial charge is 0.0938 e. The summed E-state index contributed by atoms with van der Waals surface area (Å²) in [7, 11) is 0. The van der Waals surface area contributed by atoms with Gasteiger partial charge in [0.1, 0.15) is 0 Å². The van der Waals surface area contributed by atoms with Gasteiger partial charge in [-0.3, -0.25) is 0 Å². The van der Waals surface area contributed by atoms with Crippen molar-refractivity contribution in [2.75, 3.05) is 13.1 Å². The SMILES string of the molecule is N#CC1CNCC1c1ccoc1. The van der Waals surface area contributed by atoms with Crippen LogP contribution in [0.1, 0.15) is 11.5 Å². The van der Waals surface area contributed by atoms with E-state index in [1.54, 1.807) is 12.5 Å². The minimum absolute atomic E-state index is 0.0996. The van der Waals surface area contributed by atoms with Crippen molar-refractivity contribution in [1.82, 2.24) is 5.32 Å². The molecule has 1 N–H and O–H groups in total. The predicted octanol–water partition coefficient (Wildman–Crippen LogP) is 1.11. The van der Waals surface area contributed by atoms with Gasteiger partial charge in [-0.15, -0.1) is 0 Å². The van der Waals surface area contributed by atoms with Crippen molar-refractivity contribution in [2.24, 2.45) is 5.92 Å². The number of hydrogen-bond donors (Lipinski definition) is 1. The van der Waals surface area contributed by atoms with Crippen molar-refractivity contribution < 1.29 is 4.42 Å². The fraction of sp³-hybridized carbons (Fsp3) is 0.444. The van der Waals surface area contributed by atoms with Crippen LogP contribution in [0.5, 0.6) is 0 Å². The molecule has 1 aromatic heterocycles. The lowest BCUT2D eigenvalue weighted by atomic mass is 9.92. The molecule has 0 aliphatic carbocycles. The summed E-state index contributed by atoms with van der Waals surface area (Å²) >= 11 is 0. The van der Waals surface area contributed by atoms with Gasteiger partial charge in [-0.1, -0.05) is 0 Å². The van der Waals surface area contributed by atoms with E-state index in [9.17, 15) is 0 Å². The average Bonchev–Trinajstić information content (AvgIpc) is 2.74. The van der Waals surface area contributed by atoms with Crippen LogP contribution in [0.3, 0.4) is 0 Å². The molecule has 0 bridgehead atoms. The summed E-state index contributed by atoms with van der Waals surface area (Å²) in [6.45, 7) is 1.68. The third-order valence-corrected chi connectivity index (χ3v) is 2.35. The zero-order chi connectivity index (χ0) is 8.39. The minimum Gasteiger partial charge on any atom is -0.472 e. The van der Waals surface area contributed by atoms with E-state index in [-0.39, 0.29) is 5.92 Å². The van der Waals surface area contributed by atoms with E-state index in [1.807, 2.05) is 6.07 Å². The summed E-state index contributed by atoms with van der Waals surface area (Å²) in [6.07, 6.45) is 3.38. The summed E-state index contributed by atoms with van der Waals surface area (Å²) in [5, 5.41) is 12.0. The minimum atomic E-state index is 0.0996. The molecule has 2 heterocycles. The number of furan rings is 1. The number of rotatable bonds is 1. The zero-order valence-electron chi connectivity index (χ0n) is 6.66. The summed E-state index contributed by atoms with van der Waals surface area (Å²) in [4.78, 5) is 0. The van der Waals surface area contributed by atoms with Crippen molar-refractivity contribution in [3.63, 3.8) is 0 Å². The monoisotopic (exact) mass is 162 g/mol. The molecule has 1 fully saturated rings. The van der Waals surface area contributed by atoms with Crippen LogP contribution in [0.4, 0.5) is 0 Å².